The molecule has 0 fully saturated rings. The van der Waals surface area contributed by atoms with Crippen LogP contribution < -0.4 is 0 Å². The van der Waals surface area contributed by atoms with Crippen molar-refractivity contribution >= 4 is 12.3 Å². The fourth-order valence-corrected chi connectivity index (χ4v) is 0.573. The van der Waals surface area contributed by atoms with Gasteiger partial charge in [0.05, 0.1) is 0 Å². The summed E-state index contributed by atoms with van der Waals surface area (Å²) in [5, 5.41) is 16.3. The van der Waals surface area contributed by atoms with Crippen LogP contribution in [0.1, 0.15) is 6.42 Å². The van der Waals surface area contributed by atoms with E-state index in [0.29, 0.717) is 0 Å². The summed E-state index contributed by atoms with van der Waals surface area (Å²) in [5.74, 6) is 2.14. The molecule has 0 bridgehead atoms. The molecule has 0 aromatic carbocycles. The van der Waals surface area contributed by atoms with Gasteiger partial charge in [-0.2, -0.15) is 0 Å². The maximum Gasteiger partial charge on any atom is 0.506 e. The van der Waals surface area contributed by atoms with E-state index in [1.165, 1.54) is 0 Å². The Kier molecular flexibility index (Phi) is 4.88. The van der Waals surface area contributed by atoms with Crippen LogP contribution in [0.3, 0.4) is 0 Å². The van der Waals surface area contributed by atoms with E-state index in [-0.39, 0.29) is 6.42 Å². The van der Waals surface area contributed by atoms with E-state index >= 15 is 0 Å². The number of carboxylic acid groups (broad SMARTS) is 2. The van der Waals surface area contributed by atoms with Gasteiger partial charge in [-0.3, -0.25) is 0 Å². The molecule has 1 atom stereocenters. The maximum absolute atomic E-state index is 10.0. The number of hydrogen-bond acceptors (Lipinski definition) is 4. The van der Waals surface area contributed by atoms with Gasteiger partial charge in [0.2, 0.25) is 0 Å². The smallest absolute Gasteiger partial charge is 0.450 e. The molecular formula is C7H8O6. The minimum atomic E-state index is -1.52. The van der Waals surface area contributed by atoms with Crippen molar-refractivity contribution in [3.05, 3.63) is 0 Å². The van der Waals surface area contributed by atoms with Gasteiger partial charge in [-0.15, -0.1) is 12.3 Å². The van der Waals surface area contributed by atoms with E-state index in [1.807, 2.05) is 0 Å². The van der Waals surface area contributed by atoms with Crippen molar-refractivity contribution < 1.29 is 29.3 Å². The first-order valence-corrected chi connectivity index (χ1v) is 3.25. The molecule has 0 saturated heterocycles. The predicted molar refractivity (Wildman–Crippen MR) is 40.3 cm³/mol. The summed E-state index contributed by atoms with van der Waals surface area (Å²) >= 11 is 0. The highest BCUT2D eigenvalue weighted by Crippen LogP contribution is 1.99. The normalized spacial score (nSPS) is 11.0. The highest BCUT2D eigenvalue weighted by molar-refractivity contribution is 5.58. The first-order chi connectivity index (χ1) is 6.06. The number of carbonyl (C=O) groups is 2. The highest BCUT2D eigenvalue weighted by Gasteiger charge is 2.14. The Labute approximate surface area is 74.1 Å². The van der Waals surface area contributed by atoms with Crippen molar-refractivity contribution in [1.29, 1.82) is 0 Å². The molecule has 0 aliphatic heterocycles. The van der Waals surface area contributed by atoms with Gasteiger partial charge in [-0.05, 0) is 0 Å². The van der Waals surface area contributed by atoms with Crippen LogP contribution in [0, 0.1) is 12.3 Å². The Morgan fingerprint density at radius 2 is 2.00 bits per heavy atom. The molecule has 0 aromatic heterocycles. The number of terminal acetylenes is 1. The minimum Gasteiger partial charge on any atom is -0.450 e. The molecule has 0 aromatic rings. The molecule has 72 valence electrons. The topological polar surface area (TPSA) is 93.1 Å². The van der Waals surface area contributed by atoms with E-state index in [1.54, 1.807) is 0 Å². The molecule has 0 rings (SSSR count). The van der Waals surface area contributed by atoms with Gasteiger partial charge in [0.1, 0.15) is 6.61 Å². The van der Waals surface area contributed by atoms with Gasteiger partial charge in [-0.1, -0.05) is 0 Å². The third-order valence-electron chi connectivity index (χ3n) is 1.01. The van der Waals surface area contributed by atoms with E-state index < -0.39 is 25.0 Å². The van der Waals surface area contributed by atoms with Crippen LogP contribution in [0.2, 0.25) is 0 Å². The second-order valence-electron chi connectivity index (χ2n) is 1.99. The summed E-state index contributed by atoms with van der Waals surface area (Å²) in [4.78, 5) is 20.0. The Bertz CT molecular complexity index is 228. The molecular weight excluding hydrogens is 180 g/mol. The summed E-state index contributed by atoms with van der Waals surface area (Å²) in [5.41, 5.74) is 0. The van der Waals surface area contributed by atoms with Crippen LogP contribution in [-0.4, -0.2) is 35.2 Å². The lowest BCUT2D eigenvalue weighted by molar-refractivity contribution is 0.00709. The number of ether oxygens (including phenoxy) is 2. The lowest BCUT2D eigenvalue weighted by Crippen LogP contribution is -2.23. The van der Waals surface area contributed by atoms with Crippen LogP contribution in [0.5, 0.6) is 0 Å². The second-order valence-corrected chi connectivity index (χ2v) is 1.99. The predicted octanol–water partition coefficient (Wildman–Crippen LogP) is 0.767. The quantitative estimate of drug-likeness (QED) is 0.499. The first-order valence-electron chi connectivity index (χ1n) is 3.25. The monoisotopic (exact) mass is 188 g/mol. The zero-order valence-corrected chi connectivity index (χ0v) is 6.60. The second kappa shape index (κ2) is 5.71. The van der Waals surface area contributed by atoms with Gasteiger partial charge in [0.15, 0.2) is 6.10 Å². The van der Waals surface area contributed by atoms with Crippen molar-refractivity contribution in [2.45, 2.75) is 12.5 Å². The molecule has 0 aliphatic carbocycles. The van der Waals surface area contributed by atoms with Gasteiger partial charge >= 0.3 is 12.3 Å². The summed E-state index contributed by atoms with van der Waals surface area (Å²) in [6.45, 7) is -0.397. The molecule has 2 N–H and O–H groups in total. The van der Waals surface area contributed by atoms with E-state index in [4.69, 9.17) is 16.6 Å². The number of hydrogen-bond donors (Lipinski definition) is 2. The first kappa shape index (κ1) is 11.1. The molecule has 0 saturated carbocycles. The SMILES string of the molecule is C#CCC(COC(=O)O)OC(=O)O. The lowest BCUT2D eigenvalue weighted by Gasteiger charge is -2.11. The molecule has 1 unspecified atom stereocenters. The van der Waals surface area contributed by atoms with E-state index in [2.05, 4.69) is 15.4 Å². The van der Waals surface area contributed by atoms with Crippen LogP contribution in [-0.2, 0) is 9.47 Å². The Morgan fingerprint density at radius 3 is 2.38 bits per heavy atom. The summed E-state index contributed by atoms with van der Waals surface area (Å²) < 4.78 is 8.32. The molecule has 0 radical (unpaired) electrons. The largest absolute Gasteiger partial charge is 0.506 e. The van der Waals surface area contributed by atoms with Crippen LogP contribution in [0.15, 0.2) is 0 Å². The van der Waals surface area contributed by atoms with Crippen LogP contribution in [0.4, 0.5) is 9.59 Å². The van der Waals surface area contributed by atoms with E-state index in [0.717, 1.165) is 0 Å². The Morgan fingerprint density at radius 1 is 1.38 bits per heavy atom. The van der Waals surface area contributed by atoms with Gasteiger partial charge in [0.25, 0.3) is 0 Å². The zero-order valence-electron chi connectivity index (χ0n) is 6.60. The fraction of sp³-hybridized carbons (Fsp3) is 0.429. The molecule has 0 amide bonds. The van der Waals surface area contributed by atoms with Crippen molar-refractivity contribution in [2.24, 2.45) is 0 Å². The zero-order chi connectivity index (χ0) is 10.3. The molecule has 0 aliphatic rings. The lowest BCUT2D eigenvalue weighted by atomic mass is 10.3. The minimum absolute atomic E-state index is 0.0282. The number of rotatable bonds is 4. The third kappa shape index (κ3) is 6.50. The Balaban J connectivity index is 3.88. The molecule has 6 heteroatoms. The van der Waals surface area contributed by atoms with Crippen molar-refractivity contribution in [2.75, 3.05) is 6.61 Å². The van der Waals surface area contributed by atoms with Gasteiger partial charge in [-0.25, -0.2) is 9.59 Å². The highest BCUT2D eigenvalue weighted by atomic mass is 16.7. The van der Waals surface area contributed by atoms with Crippen LogP contribution in [0.25, 0.3) is 0 Å². The van der Waals surface area contributed by atoms with Crippen molar-refractivity contribution in [3.8, 4) is 12.3 Å². The maximum atomic E-state index is 10.0. The Hall–Kier alpha value is -1.90. The third-order valence-corrected chi connectivity index (χ3v) is 1.01. The summed E-state index contributed by atoms with van der Waals surface area (Å²) in [6.07, 6.45) is 0.889. The van der Waals surface area contributed by atoms with Gasteiger partial charge < -0.3 is 19.7 Å². The van der Waals surface area contributed by atoms with Crippen molar-refractivity contribution in [3.63, 3.8) is 0 Å². The summed E-state index contributed by atoms with van der Waals surface area (Å²) in [7, 11) is 0. The van der Waals surface area contributed by atoms with E-state index in [9.17, 15) is 9.59 Å². The average Bonchev–Trinajstić information content (AvgIpc) is 1.99. The molecule has 0 spiro atoms. The molecule has 6 nitrogen and oxygen atoms in total. The van der Waals surface area contributed by atoms with Crippen LogP contribution >= 0.6 is 0 Å². The molecule has 0 heterocycles. The van der Waals surface area contributed by atoms with Gasteiger partial charge in [0, 0.05) is 6.42 Å². The fourth-order valence-electron chi connectivity index (χ4n) is 0.573. The summed E-state index contributed by atoms with van der Waals surface area (Å²) in [6, 6.07) is 0. The average molecular weight is 188 g/mol. The standard InChI is InChI=1S/C7H8O6/c1-2-3-5(13-7(10)11)4-12-6(8)9/h1,5H,3-4H2,(H,8,9)(H,10,11). The molecule has 13 heavy (non-hydrogen) atoms. The van der Waals surface area contributed by atoms with Crippen molar-refractivity contribution in [1.82, 2.24) is 0 Å².